The van der Waals surface area contributed by atoms with E-state index in [0.717, 1.165) is 41.8 Å². The topological polar surface area (TPSA) is 46.5 Å². The molecule has 3 nitrogen and oxygen atoms in total. The van der Waals surface area contributed by atoms with E-state index in [0.29, 0.717) is 12.2 Å². The first-order valence-electron chi connectivity index (χ1n) is 11.2. The van der Waals surface area contributed by atoms with E-state index < -0.39 is 12.1 Å². The highest BCUT2D eigenvalue weighted by Gasteiger charge is 2.24. The number of rotatable bonds is 9. The van der Waals surface area contributed by atoms with Crippen LogP contribution < -0.4 is 4.74 Å². The van der Waals surface area contributed by atoms with E-state index in [-0.39, 0.29) is 10.8 Å². The first-order valence-corrected chi connectivity index (χ1v) is 11.5. The molecule has 170 valence electrons. The van der Waals surface area contributed by atoms with Crippen LogP contribution in [0.5, 0.6) is 5.75 Å². The van der Waals surface area contributed by atoms with Crippen LogP contribution >= 0.6 is 11.6 Å². The molecule has 0 aliphatic carbocycles. The fourth-order valence-electron chi connectivity index (χ4n) is 3.42. The molecule has 0 spiro atoms. The number of carboxylic acid groups (broad SMARTS) is 1. The highest BCUT2D eigenvalue weighted by Crippen LogP contribution is 2.33. The van der Waals surface area contributed by atoms with E-state index in [4.69, 9.17) is 16.3 Å². The van der Waals surface area contributed by atoms with Crippen LogP contribution in [0.15, 0.2) is 42.5 Å². The van der Waals surface area contributed by atoms with Gasteiger partial charge in [0.05, 0.1) is 0 Å². The van der Waals surface area contributed by atoms with Crippen LogP contribution in [0.3, 0.4) is 0 Å². The van der Waals surface area contributed by atoms with Gasteiger partial charge in [-0.15, -0.1) is 0 Å². The molecule has 0 amide bonds. The lowest BCUT2D eigenvalue weighted by atomic mass is 9.80. The fourth-order valence-corrected chi connectivity index (χ4v) is 3.54. The largest absolute Gasteiger partial charge is 0.479 e. The van der Waals surface area contributed by atoms with Gasteiger partial charge in [-0.25, -0.2) is 4.79 Å². The van der Waals surface area contributed by atoms with Crippen LogP contribution in [-0.2, 0) is 22.0 Å². The summed E-state index contributed by atoms with van der Waals surface area (Å²) in [6.07, 6.45) is 3.43. The number of ether oxygens (including phenoxy) is 1. The Morgan fingerprint density at radius 1 is 0.903 bits per heavy atom. The quantitative estimate of drug-likeness (QED) is 0.405. The molecule has 31 heavy (non-hydrogen) atoms. The number of aryl methyl sites for hydroxylation is 1. The number of aliphatic carboxylic acids is 1. The Bertz CT molecular complexity index is 825. The molecule has 1 N–H and O–H groups in total. The number of hydrogen-bond donors (Lipinski definition) is 1. The fraction of sp³-hybridized carbons (Fsp3) is 0.519. The van der Waals surface area contributed by atoms with Crippen LogP contribution in [0.25, 0.3) is 0 Å². The predicted molar refractivity (Wildman–Crippen MR) is 130 cm³/mol. The molecule has 0 heterocycles. The standard InChI is InChI=1S/C27H37ClO3/c1-26(2,3)20-16-21(27(4,5)6)18-23(17-20)31-24(25(29)30)11-9-7-8-10-19-12-14-22(28)15-13-19/h12-18,24H,7-11H2,1-6H3,(H,29,30). The SMILES string of the molecule is CC(C)(C)c1cc(OC(CCCCCc2ccc(Cl)cc2)C(=O)O)cc(C(C)(C)C)c1. The van der Waals surface area contributed by atoms with E-state index in [1.165, 1.54) is 5.56 Å². The van der Waals surface area contributed by atoms with Crippen molar-refractivity contribution in [3.63, 3.8) is 0 Å². The highest BCUT2D eigenvalue weighted by molar-refractivity contribution is 6.30. The minimum Gasteiger partial charge on any atom is -0.479 e. The van der Waals surface area contributed by atoms with Gasteiger partial charge in [0, 0.05) is 5.02 Å². The van der Waals surface area contributed by atoms with Crippen LogP contribution in [0.4, 0.5) is 0 Å². The zero-order valence-electron chi connectivity index (χ0n) is 19.8. The first kappa shape index (κ1) is 25.3. The average Bonchev–Trinajstić information content (AvgIpc) is 2.66. The zero-order chi connectivity index (χ0) is 23.2. The molecule has 4 heteroatoms. The van der Waals surface area contributed by atoms with Crippen LogP contribution in [0.1, 0.15) is 83.9 Å². The van der Waals surface area contributed by atoms with Gasteiger partial charge in [-0.2, -0.15) is 0 Å². The van der Waals surface area contributed by atoms with Crippen molar-refractivity contribution < 1.29 is 14.6 Å². The summed E-state index contributed by atoms with van der Waals surface area (Å²) in [7, 11) is 0. The van der Waals surface area contributed by atoms with Gasteiger partial charge in [-0.1, -0.05) is 77.8 Å². The lowest BCUT2D eigenvalue weighted by molar-refractivity contribution is -0.145. The van der Waals surface area contributed by atoms with Gasteiger partial charge in [-0.05, 0) is 77.5 Å². The normalized spacial score (nSPS) is 13.1. The monoisotopic (exact) mass is 444 g/mol. The van der Waals surface area contributed by atoms with Gasteiger partial charge < -0.3 is 9.84 Å². The molecule has 0 radical (unpaired) electrons. The average molecular weight is 445 g/mol. The Kier molecular flexibility index (Phi) is 8.59. The molecule has 0 saturated heterocycles. The second-order valence-corrected chi connectivity index (χ2v) is 10.9. The second kappa shape index (κ2) is 10.5. The summed E-state index contributed by atoms with van der Waals surface area (Å²) < 4.78 is 6.01. The Balaban J connectivity index is 2.00. The molecule has 0 saturated carbocycles. The van der Waals surface area contributed by atoms with Gasteiger partial charge in [0.25, 0.3) is 0 Å². The minimum atomic E-state index is -0.906. The molecule has 0 fully saturated rings. The molecule has 1 atom stereocenters. The van der Waals surface area contributed by atoms with Crippen LogP contribution in [0.2, 0.25) is 5.02 Å². The molecule has 0 aromatic heterocycles. The van der Waals surface area contributed by atoms with Crippen molar-refractivity contribution in [2.45, 2.75) is 90.6 Å². The Morgan fingerprint density at radius 2 is 1.45 bits per heavy atom. The molecule has 0 aliphatic heterocycles. The summed E-state index contributed by atoms with van der Waals surface area (Å²) in [5.74, 6) is -0.262. The molecule has 2 aromatic rings. The predicted octanol–water partition coefficient (Wildman–Crippen LogP) is 7.57. The molecular formula is C27H37ClO3. The van der Waals surface area contributed by atoms with Crippen molar-refractivity contribution >= 4 is 17.6 Å². The molecule has 0 aliphatic rings. The number of carbonyl (C=O) groups is 1. The van der Waals surface area contributed by atoms with E-state index >= 15 is 0 Å². The molecule has 2 rings (SSSR count). The molecular weight excluding hydrogens is 408 g/mol. The Hall–Kier alpha value is -2.00. The Morgan fingerprint density at radius 3 is 1.94 bits per heavy atom. The maximum Gasteiger partial charge on any atom is 0.344 e. The highest BCUT2D eigenvalue weighted by atomic mass is 35.5. The maximum atomic E-state index is 11.8. The number of halogens is 1. The van der Waals surface area contributed by atoms with E-state index in [9.17, 15) is 9.90 Å². The molecule has 1 unspecified atom stereocenters. The van der Waals surface area contributed by atoms with Crippen molar-refractivity contribution in [1.29, 1.82) is 0 Å². The summed E-state index contributed by atoms with van der Waals surface area (Å²) in [4.78, 5) is 11.8. The summed E-state index contributed by atoms with van der Waals surface area (Å²) in [6.45, 7) is 13.0. The van der Waals surface area contributed by atoms with Crippen molar-refractivity contribution in [3.05, 3.63) is 64.2 Å². The summed E-state index contributed by atoms with van der Waals surface area (Å²) in [6, 6.07) is 14.1. The lowest BCUT2D eigenvalue weighted by Gasteiger charge is -2.27. The molecule has 0 bridgehead atoms. The summed E-state index contributed by atoms with van der Waals surface area (Å²) >= 11 is 5.93. The third kappa shape index (κ3) is 8.22. The van der Waals surface area contributed by atoms with Gasteiger partial charge in [-0.3, -0.25) is 0 Å². The number of unbranched alkanes of at least 4 members (excludes halogenated alkanes) is 2. The smallest absolute Gasteiger partial charge is 0.344 e. The van der Waals surface area contributed by atoms with Crippen LogP contribution in [0, 0.1) is 0 Å². The van der Waals surface area contributed by atoms with Gasteiger partial charge in [0.2, 0.25) is 0 Å². The zero-order valence-corrected chi connectivity index (χ0v) is 20.6. The van der Waals surface area contributed by atoms with Crippen molar-refractivity contribution in [2.24, 2.45) is 0 Å². The number of benzene rings is 2. The van der Waals surface area contributed by atoms with Crippen molar-refractivity contribution in [2.75, 3.05) is 0 Å². The first-order chi connectivity index (χ1) is 14.4. The van der Waals surface area contributed by atoms with E-state index in [1.807, 2.05) is 36.4 Å². The van der Waals surface area contributed by atoms with Crippen molar-refractivity contribution in [3.8, 4) is 5.75 Å². The number of carboxylic acids is 1. The van der Waals surface area contributed by atoms with Gasteiger partial charge in [0.1, 0.15) is 5.75 Å². The third-order valence-electron chi connectivity index (χ3n) is 5.54. The van der Waals surface area contributed by atoms with E-state index in [2.05, 4.69) is 47.6 Å². The number of hydrogen-bond acceptors (Lipinski definition) is 2. The second-order valence-electron chi connectivity index (χ2n) is 10.4. The lowest BCUT2D eigenvalue weighted by Crippen LogP contribution is -2.27. The van der Waals surface area contributed by atoms with E-state index in [1.54, 1.807) is 0 Å². The third-order valence-corrected chi connectivity index (χ3v) is 5.79. The van der Waals surface area contributed by atoms with Gasteiger partial charge in [0.15, 0.2) is 6.10 Å². The molecule has 2 aromatic carbocycles. The maximum absolute atomic E-state index is 11.8. The summed E-state index contributed by atoms with van der Waals surface area (Å²) in [5.41, 5.74) is 3.48. The van der Waals surface area contributed by atoms with Crippen LogP contribution in [-0.4, -0.2) is 17.2 Å². The summed E-state index contributed by atoms with van der Waals surface area (Å²) in [5, 5.41) is 10.5. The minimum absolute atomic E-state index is 0.0419. The Labute approximate surface area is 192 Å². The van der Waals surface area contributed by atoms with Gasteiger partial charge >= 0.3 is 5.97 Å². The van der Waals surface area contributed by atoms with Crippen molar-refractivity contribution in [1.82, 2.24) is 0 Å².